The van der Waals surface area contributed by atoms with E-state index in [0.29, 0.717) is 11.1 Å². The van der Waals surface area contributed by atoms with Gasteiger partial charge in [-0.1, -0.05) is 53.6 Å². The number of halogens is 1. The number of imide groups is 2. The van der Waals surface area contributed by atoms with E-state index >= 15 is 0 Å². The van der Waals surface area contributed by atoms with Gasteiger partial charge in [0.2, 0.25) is 23.6 Å². The minimum atomic E-state index is -1.82. The topological polar surface area (TPSA) is 176 Å². The molecule has 0 radical (unpaired) electrons. The molecule has 7 rings (SSSR count). The Morgan fingerprint density at radius 2 is 1.24 bits per heavy atom. The van der Waals surface area contributed by atoms with Gasteiger partial charge in [-0.25, -0.2) is 0 Å². The van der Waals surface area contributed by atoms with Crippen molar-refractivity contribution in [2.24, 2.45) is 29.6 Å². The van der Waals surface area contributed by atoms with Gasteiger partial charge in [0.05, 0.1) is 35.0 Å². The lowest BCUT2D eigenvalue weighted by Crippen LogP contribution is -2.43. The summed E-state index contributed by atoms with van der Waals surface area (Å²) in [6.45, 7) is 0. The average Bonchev–Trinajstić information content (AvgIpc) is 3.44. The third-order valence-electron chi connectivity index (χ3n) is 9.82. The number of allylic oxidation sites excluding steroid dienone is 2. The molecule has 3 aromatic rings. The number of carbonyl (C=O) groups is 4. The third-order valence-corrected chi connectivity index (χ3v) is 10.1. The van der Waals surface area contributed by atoms with Crippen LogP contribution >= 0.6 is 11.6 Å². The van der Waals surface area contributed by atoms with Gasteiger partial charge in [-0.3, -0.25) is 29.0 Å². The summed E-state index contributed by atoms with van der Waals surface area (Å²) in [5.41, 5.74) is 1.78. The summed E-state index contributed by atoms with van der Waals surface area (Å²) in [5.74, 6) is -6.79. The number of hydrogen-bond acceptors (Lipinski definition) is 9. The molecule has 4 amide bonds. The summed E-state index contributed by atoms with van der Waals surface area (Å²) in [6.07, 6.45) is 2.17. The smallest absolute Gasteiger partial charge is 0.488 e. The normalized spacial score (nSPS) is 26.9. The molecule has 3 fully saturated rings. The monoisotopic (exact) mass is 640 g/mol. The van der Waals surface area contributed by atoms with Gasteiger partial charge in [0, 0.05) is 10.9 Å². The molecule has 2 aliphatic carbocycles. The molecule has 5 N–H and O–H groups in total. The van der Waals surface area contributed by atoms with Crippen LogP contribution in [0.15, 0.2) is 78.4 Å². The molecule has 46 heavy (non-hydrogen) atoms. The number of amides is 4. The van der Waals surface area contributed by atoms with Crippen molar-refractivity contribution in [3.05, 3.63) is 89.0 Å². The fourth-order valence-corrected chi connectivity index (χ4v) is 8.16. The van der Waals surface area contributed by atoms with Crippen LogP contribution in [0, 0.1) is 29.6 Å². The van der Waals surface area contributed by atoms with Crippen LogP contribution in [0.25, 0.3) is 0 Å². The van der Waals surface area contributed by atoms with E-state index in [1.807, 2.05) is 6.08 Å². The maximum Gasteiger partial charge on any atom is 0.488 e. The SMILES string of the molecule is O=C1[C@H]2[C@H](CC=C3[C@H]2C[C@H]2C(=O)N(c4cccc(B(O)O)c4)C(=O)[C@H]2[C@H]3c2ccc(O)cc2Cl)C(=O)N1c1cccc(B(O)O)c1. The van der Waals surface area contributed by atoms with E-state index in [4.69, 9.17) is 11.6 Å². The predicted octanol–water partition coefficient (Wildman–Crippen LogP) is 0.450. The summed E-state index contributed by atoms with van der Waals surface area (Å²) in [5, 5.41) is 49.1. The number of benzene rings is 3. The molecular weight excluding hydrogens is 613 g/mol. The fraction of sp³-hybridized carbons (Fsp3) is 0.250. The quantitative estimate of drug-likeness (QED) is 0.151. The molecule has 6 atom stereocenters. The highest BCUT2D eigenvalue weighted by atomic mass is 35.5. The van der Waals surface area contributed by atoms with Crippen molar-refractivity contribution in [1.82, 2.24) is 0 Å². The summed E-state index contributed by atoms with van der Waals surface area (Å²) < 4.78 is 0. The van der Waals surface area contributed by atoms with Crippen LogP contribution in [0.4, 0.5) is 11.4 Å². The third kappa shape index (κ3) is 4.61. The Morgan fingerprint density at radius 3 is 1.80 bits per heavy atom. The molecule has 0 spiro atoms. The molecule has 3 aromatic carbocycles. The van der Waals surface area contributed by atoms with Crippen molar-refractivity contribution >= 4 is 71.8 Å². The van der Waals surface area contributed by atoms with E-state index in [1.54, 1.807) is 6.07 Å². The van der Waals surface area contributed by atoms with Crippen LogP contribution in [-0.2, 0) is 19.2 Å². The lowest BCUT2D eigenvalue weighted by Gasteiger charge is -2.44. The number of rotatable bonds is 5. The molecular formula is C32H27B2ClN2O9. The zero-order valence-corrected chi connectivity index (χ0v) is 24.9. The van der Waals surface area contributed by atoms with E-state index < -0.39 is 73.4 Å². The van der Waals surface area contributed by atoms with Crippen LogP contribution < -0.4 is 20.7 Å². The number of phenolic OH excluding ortho intramolecular Hbond substituents is 1. The first kappa shape index (κ1) is 30.4. The Labute approximate surface area is 268 Å². The van der Waals surface area contributed by atoms with Gasteiger partial charge in [-0.05, 0) is 71.6 Å². The summed E-state index contributed by atoms with van der Waals surface area (Å²) in [7, 11) is -3.62. The zero-order chi connectivity index (χ0) is 32.6. The molecule has 11 nitrogen and oxygen atoms in total. The van der Waals surface area contributed by atoms with Crippen molar-refractivity contribution in [3.8, 4) is 5.75 Å². The van der Waals surface area contributed by atoms with Gasteiger partial charge in [-0.15, -0.1) is 0 Å². The molecule has 1 saturated carbocycles. The minimum Gasteiger partial charge on any atom is -0.508 e. The predicted molar refractivity (Wildman–Crippen MR) is 168 cm³/mol. The lowest BCUT2D eigenvalue weighted by atomic mass is 9.57. The molecule has 232 valence electrons. The standard InChI is InChI=1S/C32H27B2ClN2O9/c35-25-13-19(38)7-8-21(25)26-20-9-10-22-27(31(41)36(29(22)39)17-5-1-3-15(11-17)33(43)44)23(20)14-24-28(26)32(42)37(30(24)40)18-6-2-4-16(12-18)34(45)46/h1-9,11-13,22-24,26-28,38,43-46H,10,14H2/t22-,23+,24+,26+,27-,28+/m0/s1. The van der Waals surface area contributed by atoms with Gasteiger partial charge in [0.25, 0.3) is 0 Å². The number of anilines is 2. The maximum absolute atomic E-state index is 14.2. The highest BCUT2D eigenvalue weighted by Crippen LogP contribution is 2.59. The Balaban J connectivity index is 1.33. The number of nitrogens with zero attached hydrogens (tertiary/aromatic N) is 2. The van der Waals surface area contributed by atoms with Crippen LogP contribution in [0.3, 0.4) is 0 Å². The zero-order valence-electron chi connectivity index (χ0n) is 24.1. The van der Waals surface area contributed by atoms with Crippen molar-refractivity contribution in [2.75, 3.05) is 9.80 Å². The van der Waals surface area contributed by atoms with Crippen molar-refractivity contribution in [3.63, 3.8) is 0 Å². The number of fused-ring (bicyclic) bond motifs is 4. The summed E-state index contributed by atoms with van der Waals surface area (Å²) >= 11 is 6.66. The second-order valence-corrected chi connectivity index (χ2v) is 12.6. The van der Waals surface area contributed by atoms with E-state index in [1.165, 1.54) is 60.7 Å². The lowest BCUT2D eigenvalue weighted by molar-refractivity contribution is -0.126. The fourth-order valence-electron chi connectivity index (χ4n) is 7.86. The Bertz CT molecular complexity index is 1850. The van der Waals surface area contributed by atoms with E-state index in [0.717, 1.165) is 9.80 Å². The van der Waals surface area contributed by atoms with Crippen LogP contribution in [0.5, 0.6) is 5.75 Å². The van der Waals surface area contributed by atoms with Gasteiger partial charge in [0.15, 0.2) is 0 Å². The highest BCUT2D eigenvalue weighted by molar-refractivity contribution is 6.59. The minimum absolute atomic E-state index is 0.0902. The number of phenols is 1. The maximum atomic E-state index is 14.2. The van der Waals surface area contributed by atoms with Gasteiger partial charge < -0.3 is 25.2 Å². The van der Waals surface area contributed by atoms with E-state index in [2.05, 4.69) is 0 Å². The molecule has 0 bridgehead atoms. The summed E-state index contributed by atoms with van der Waals surface area (Å²) in [4.78, 5) is 58.4. The average molecular weight is 641 g/mol. The van der Waals surface area contributed by atoms with E-state index in [9.17, 15) is 44.4 Å². The Kier molecular flexibility index (Phi) is 7.41. The van der Waals surface area contributed by atoms with Crippen molar-refractivity contribution < 1.29 is 44.4 Å². The van der Waals surface area contributed by atoms with Gasteiger partial charge in [-0.2, -0.15) is 0 Å². The molecule has 2 aliphatic heterocycles. The molecule has 0 aromatic heterocycles. The molecule has 4 aliphatic rings. The number of hydrogen-bond donors (Lipinski definition) is 5. The molecule has 2 saturated heterocycles. The molecule has 0 unspecified atom stereocenters. The second-order valence-electron chi connectivity index (χ2n) is 12.2. The van der Waals surface area contributed by atoms with E-state index in [-0.39, 0.29) is 45.9 Å². The van der Waals surface area contributed by atoms with Crippen molar-refractivity contribution in [2.45, 2.75) is 18.8 Å². The first-order valence-corrected chi connectivity index (χ1v) is 15.2. The molecule has 2 heterocycles. The van der Waals surface area contributed by atoms with Crippen LogP contribution in [-0.4, -0.2) is 63.1 Å². The number of aromatic hydroxyl groups is 1. The Morgan fingerprint density at radius 1 is 0.674 bits per heavy atom. The van der Waals surface area contributed by atoms with Gasteiger partial charge >= 0.3 is 14.2 Å². The second kappa shape index (κ2) is 11.2. The van der Waals surface area contributed by atoms with Gasteiger partial charge in [0.1, 0.15) is 5.75 Å². The highest BCUT2D eigenvalue weighted by Gasteiger charge is 2.62. The van der Waals surface area contributed by atoms with Crippen LogP contribution in [0.1, 0.15) is 24.3 Å². The summed E-state index contributed by atoms with van der Waals surface area (Å²) in [6, 6.07) is 16.1. The molecule has 14 heteroatoms. The number of carbonyl (C=O) groups excluding carboxylic acids is 4. The van der Waals surface area contributed by atoms with Crippen LogP contribution in [0.2, 0.25) is 5.02 Å². The first-order chi connectivity index (χ1) is 22.0. The first-order valence-electron chi connectivity index (χ1n) is 14.8. The van der Waals surface area contributed by atoms with Crippen molar-refractivity contribution in [1.29, 1.82) is 0 Å². The Hall–Kier alpha value is -4.26. The largest absolute Gasteiger partial charge is 0.508 e.